The third-order valence-corrected chi connectivity index (χ3v) is 11.2. The maximum Gasteiger partial charge on any atom is 0.313 e. The van der Waals surface area contributed by atoms with Gasteiger partial charge < -0.3 is 34.4 Å². The fourth-order valence-electron chi connectivity index (χ4n) is 7.80. The number of hydrogen-bond acceptors (Lipinski definition) is 8. The third kappa shape index (κ3) is 7.39. The number of amides is 3. The highest BCUT2D eigenvalue weighted by Gasteiger charge is 2.77. The maximum absolute atomic E-state index is 14.9. The van der Waals surface area contributed by atoms with Crippen LogP contribution in [0.5, 0.6) is 0 Å². The van der Waals surface area contributed by atoms with Gasteiger partial charge in [0.2, 0.25) is 11.8 Å². The highest BCUT2D eigenvalue weighted by Crippen LogP contribution is 2.61. The predicted molar refractivity (Wildman–Crippen MR) is 196 cm³/mol. The van der Waals surface area contributed by atoms with Crippen LogP contribution < -0.4 is 10.2 Å². The number of para-hydroxylation sites is 1. The van der Waals surface area contributed by atoms with Crippen molar-refractivity contribution in [1.29, 1.82) is 0 Å². The number of halogens is 2. The minimum Gasteiger partial charge on any atom is -0.455 e. The van der Waals surface area contributed by atoms with Crippen LogP contribution in [0.1, 0.15) is 44.3 Å². The number of ether oxygens (including phenoxy) is 3. The van der Waals surface area contributed by atoms with Crippen molar-refractivity contribution in [3.63, 3.8) is 0 Å². The second-order valence-corrected chi connectivity index (χ2v) is 14.7. The third-order valence-electron chi connectivity index (χ3n) is 10.0. The van der Waals surface area contributed by atoms with E-state index in [0.29, 0.717) is 29.1 Å². The van der Waals surface area contributed by atoms with Crippen molar-refractivity contribution in [1.82, 2.24) is 10.2 Å². The molecule has 5 rings (SSSR count). The second kappa shape index (κ2) is 16.9. The number of nitrogens with one attached hydrogen (secondary N) is 1. The number of alkyl halides is 1. The molecular formula is C38H45BrClN3O8. The van der Waals surface area contributed by atoms with Gasteiger partial charge in [0.15, 0.2) is 0 Å². The van der Waals surface area contributed by atoms with Crippen molar-refractivity contribution in [2.45, 2.75) is 73.4 Å². The van der Waals surface area contributed by atoms with E-state index in [-0.39, 0.29) is 31.9 Å². The number of aliphatic hydroxyl groups excluding tert-OH is 1. The van der Waals surface area contributed by atoms with Crippen LogP contribution in [0.15, 0.2) is 79.9 Å². The number of carbonyl (C=O) groups excluding carboxylic acids is 4. The number of benzene rings is 2. The van der Waals surface area contributed by atoms with E-state index in [1.165, 1.54) is 16.9 Å². The van der Waals surface area contributed by atoms with Crippen molar-refractivity contribution < 1.29 is 38.5 Å². The van der Waals surface area contributed by atoms with Crippen molar-refractivity contribution in [2.24, 2.45) is 11.8 Å². The molecule has 2 aromatic rings. The normalized spacial score (nSPS) is 26.6. The van der Waals surface area contributed by atoms with Gasteiger partial charge in [-0.15, -0.1) is 13.2 Å². The highest BCUT2D eigenvalue weighted by atomic mass is 79.9. The Morgan fingerprint density at radius 3 is 2.51 bits per heavy atom. The fraction of sp³-hybridized carbons (Fsp3) is 0.474. The van der Waals surface area contributed by atoms with E-state index < -0.39 is 77.0 Å². The van der Waals surface area contributed by atoms with Crippen molar-refractivity contribution in [3.8, 4) is 0 Å². The van der Waals surface area contributed by atoms with Crippen LogP contribution in [0, 0.1) is 11.8 Å². The lowest BCUT2D eigenvalue weighted by atomic mass is 9.70. The standard InChI is InChI=1S/C38H45BrClN3O8/c1-5-8-18-29(45)41-27(22-49-4)32(23-14-10-9-11-15-23)50-37(48)30-31-35(46)43(24(7-3)21-44)34(38(31)20-25(39)33(30)51-38)36(47)42(19-6-2)28-17-13-12-16-26(28)40/h5-6,9-17,24-25,27,30-34,44H,1-2,7-8,18-22H2,3-4H3,(H,41,45)/t24-,25?,27+,30+,31-,32+,33+,34+,38-/m0/s1. The fourth-order valence-corrected chi connectivity index (χ4v) is 8.98. The van der Waals surface area contributed by atoms with Gasteiger partial charge in [-0.3, -0.25) is 19.2 Å². The van der Waals surface area contributed by atoms with E-state index >= 15 is 0 Å². The molecule has 3 amide bonds. The summed E-state index contributed by atoms with van der Waals surface area (Å²) < 4.78 is 18.5. The zero-order valence-electron chi connectivity index (χ0n) is 28.8. The van der Waals surface area contributed by atoms with Crippen LogP contribution >= 0.6 is 27.5 Å². The Labute approximate surface area is 312 Å². The summed E-state index contributed by atoms with van der Waals surface area (Å²) in [6.45, 7) is 9.06. The van der Waals surface area contributed by atoms with E-state index in [1.54, 1.807) is 60.7 Å². The Bertz CT molecular complexity index is 1610. The maximum atomic E-state index is 14.9. The molecule has 51 heavy (non-hydrogen) atoms. The van der Waals surface area contributed by atoms with Crippen LogP contribution in [-0.2, 0) is 33.4 Å². The molecule has 0 radical (unpaired) electrons. The number of anilines is 1. The Morgan fingerprint density at radius 2 is 1.88 bits per heavy atom. The summed E-state index contributed by atoms with van der Waals surface area (Å²) in [5.74, 6) is -4.11. The SMILES string of the molecule is C=CCCC(=O)N[C@H](COC)[C@H](OC(=O)[C@H]1[C@@H]2O[C@@]3(CC2Br)[C@@H]1C(=O)N([C@@H](CC)CO)[C@@H]3C(=O)N(CC=C)c1ccccc1Cl)c1ccccc1. The van der Waals surface area contributed by atoms with E-state index in [0.717, 1.165) is 0 Å². The van der Waals surface area contributed by atoms with Crippen molar-refractivity contribution in [3.05, 3.63) is 90.5 Å². The van der Waals surface area contributed by atoms with Gasteiger partial charge in [0.1, 0.15) is 17.7 Å². The number of aliphatic hydroxyl groups is 1. The molecular weight excluding hydrogens is 742 g/mol. The molecule has 3 aliphatic heterocycles. The van der Waals surface area contributed by atoms with E-state index in [9.17, 15) is 24.3 Å². The number of rotatable bonds is 17. The molecule has 3 aliphatic rings. The summed E-state index contributed by atoms with van der Waals surface area (Å²) >= 11 is 10.3. The molecule has 9 atom stereocenters. The summed E-state index contributed by atoms with van der Waals surface area (Å²) in [7, 11) is 1.49. The molecule has 1 spiro atoms. The zero-order valence-corrected chi connectivity index (χ0v) is 31.1. The Kier molecular flexibility index (Phi) is 12.8. The van der Waals surface area contributed by atoms with Gasteiger partial charge in [0.25, 0.3) is 5.91 Å². The van der Waals surface area contributed by atoms with Crippen LogP contribution in [0.4, 0.5) is 5.69 Å². The number of nitrogens with zero attached hydrogens (tertiary/aromatic N) is 2. The van der Waals surface area contributed by atoms with E-state index in [4.69, 9.17) is 25.8 Å². The van der Waals surface area contributed by atoms with Crippen LogP contribution in [0.2, 0.25) is 5.02 Å². The predicted octanol–water partition coefficient (Wildman–Crippen LogP) is 4.76. The number of hydrogen-bond donors (Lipinski definition) is 2. The molecule has 274 valence electrons. The summed E-state index contributed by atoms with van der Waals surface area (Å²) in [4.78, 5) is 59.5. The van der Waals surface area contributed by atoms with Crippen LogP contribution in [0.25, 0.3) is 0 Å². The van der Waals surface area contributed by atoms with E-state index in [2.05, 4.69) is 34.4 Å². The first-order valence-electron chi connectivity index (χ1n) is 17.1. The molecule has 1 unspecified atom stereocenters. The molecule has 3 heterocycles. The number of carbonyl (C=O) groups is 4. The smallest absolute Gasteiger partial charge is 0.313 e. The first-order valence-corrected chi connectivity index (χ1v) is 18.4. The molecule has 0 aliphatic carbocycles. The molecule has 0 saturated carbocycles. The molecule has 11 nitrogen and oxygen atoms in total. The lowest BCUT2D eigenvalue weighted by Gasteiger charge is -2.39. The molecule has 3 fully saturated rings. The second-order valence-electron chi connectivity index (χ2n) is 13.1. The highest BCUT2D eigenvalue weighted by molar-refractivity contribution is 9.09. The van der Waals surface area contributed by atoms with Crippen molar-refractivity contribution >= 4 is 56.9 Å². The van der Waals surface area contributed by atoms with Gasteiger partial charge in [-0.2, -0.15) is 0 Å². The quantitative estimate of drug-likeness (QED) is 0.133. The Balaban J connectivity index is 1.55. The number of likely N-dealkylation sites (tertiary alicyclic amines) is 1. The van der Waals surface area contributed by atoms with Crippen LogP contribution in [-0.4, -0.2) is 95.2 Å². The van der Waals surface area contributed by atoms with Gasteiger partial charge >= 0.3 is 5.97 Å². The van der Waals surface area contributed by atoms with Gasteiger partial charge in [-0.1, -0.05) is 89.1 Å². The topological polar surface area (TPSA) is 135 Å². The Morgan fingerprint density at radius 1 is 1.18 bits per heavy atom. The zero-order chi connectivity index (χ0) is 36.9. The molecule has 0 aromatic heterocycles. The van der Waals surface area contributed by atoms with Crippen molar-refractivity contribution in [2.75, 3.05) is 31.8 Å². The summed E-state index contributed by atoms with van der Waals surface area (Å²) in [5.41, 5.74) is -0.380. The summed E-state index contributed by atoms with van der Waals surface area (Å²) in [5, 5.41) is 13.8. The molecule has 2 bridgehead atoms. The van der Waals surface area contributed by atoms with Gasteiger partial charge in [0, 0.05) is 24.9 Å². The van der Waals surface area contributed by atoms with Crippen LogP contribution in [0.3, 0.4) is 0 Å². The monoisotopic (exact) mass is 785 g/mol. The van der Waals surface area contributed by atoms with E-state index in [1.807, 2.05) is 13.0 Å². The number of methoxy groups -OCH3 is 1. The first-order chi connectivity index (χ1) is 24.6. The molecule has 3 saturated heterocycles. The largest absolute Gasteiger partial charge is 0.455 e. The van der Waals surface area contributed by atoms with Gasteiger partial charge in [-0.05, 0) is 37.0 Å². The molecule has 2 N–H and O–H groups in total. The van der Waals surface area contributed by atoms with Gasteiger partial charge in [0.05, 0.1) is 53.9 Å². The number of esters is 1. The minimum atomic E-state index is -1.42. The Hall–Kier alpha value is -3.55. The lowest BCUT2D eigenvalue weighted by molar-refractivity contribution is -0.163. The average Bonchev–Trinajstić information content (AvgIpc) is 3.73. The summed E-state index contributed by atoms with van der Waals surface area (Å²) in [6, 6.07) is 13.2. The summed E-state index contributed by atoms with van der Waals surface area (Å²) in [6.07, 6.45) is 2.68. The molecule has 13 heteroatoms. The minimum absolute atomic E-state index is 0.0326. The lowest BCUT2D eigenvalue weighted by Crippen LogP contribution is -2.59. The number of allylic oxidation sites excluding steroid dienone is 1. The first kappa shape index (κ1) is 38.7. The molecule has 2 aromatic carbocycles. The number of fused-ring (bicyclic) bond motifs is 1. The van der Waals surface area contributed by atoms with Gasteiger partial charge in [-0.25, -0.2) is 0 Å². The average molecular weight is 787 g/mol.